The molecule has 0 aromatic rings. The lowest BCUT2D eigenvalue weighted by Crippen LogP contribution is -2.81. The maximum Gasteiger partial charge on any atom is 0.344 e. The quantitative estimate of drug-likeness (QED) is 0.338. The topological polar surface area (TPSA) is 132 Å². The van der Waals surface area contributed by atoms with E-state index in [2.05, 4.69) is 11.5 Å². The van der Waals surface area contributed by atoms with Crippen LogP contribution in [0.5, 0.6) is 0 Å². The fourth-order valence-corrected chi connectivity index (χ4v) is 7.06. The van der Waals surface area contributed by atoms with Crippen molar-refractivity contribution in [1.82, 2.24) is 4.90 Å². The van der Waals surface area contributed by atoms with Gasteiger partial charge in [-0.1, -0.05) is 25.5 Å². The van der Waals surface area contributed by atoms with E-state index in [4.69, 9.17) is 18.9 Å². The average Bonchev–Trinajstić information content (AvgIpc) is 2.88. The SMILES string of the molecule is C=C[C@@]1(C)CC(=O)[C@@]2(O)[C@](C)(O1)[C@@H](OC(=O)COC(=O)CCN1CCOCC1)C=C1C(C)(C)CC[C@H](O)[C@@]12C.Cl. The Bertz CT molecular complexity index is 1060. The molecule has 0 radical (unpaired) electrons. The zero-order valence-electron chi connectivity index (χ0n) is 24.2. The van der Waals surface area contributed by atoms with Crippen molar-refractivity contribution in [3.8, 4) is 0 Å². The molecule has 226 valence electrons. The van der Waals surface area contributed by atoms with Crippen molar-refractivity contribution < 1.29 is 43.5 Å². The summed E-state index contributed by atoms with van der Waals surface area (Å²) in [6, 6.07) is 0. The molecule has 6 atom stereocenters. The molecule has 2 N–H and O–H groups in total. The lowest BCUT2D eigenvalue weighted by Gasteiger charge is -2.66. The first-order chi connectivity index (χ1) is 18.1. The van der Waals surface area contributed by atoms with Gasteiger partial charge in [-0.15, -0.1) is 19.0 Å². The largest absolute Gasteiger partial charge is 0.454 e. The van der Waals surface area contributed by atoms with Crippen LogP contribution in [-0.4, -0.2) is 101 Å². The number of hydrogen-bond acceptors (Lipinski definition) is 10. The molecule has 0 amide bonds. The fraction of sp³-hybridized carbons (Fsp3) is 0.759. The molecular formula is C29H44ClNO9. The van der Waals surface area contributed by atoms with E-state index < -0.39 is 64.2 Å². The molecule has 0 aromatic heterocycles. The van der Waals surface area contributed by atoms with Crippen molar-refractivity contribution in [3.63, 3.8) is 0 Å². The number of hydrogen-bond donors (Lipinski definition) is 2. The second kappa shape index (κ2) is 11.5. The highest BCUT2D eigenvalue weighted by Crippen LogP contribution is 2.64. The zero-order chi connectivity index (χ0) is 28.9. The molecule has 0 spiro atoms. The molecule has 2 heterocycles. The highest BCUT2D eigenvalue weighted by molar-refractivity contribution is 5.93. The van der Waals surface area contributed by atoms with Gasteiger partial charge >= 0.3 is 11.9 Å². The second-order valence-corrected chi connectivity index (χ2v) is 12.5. The van der Waals surface area contributed by atoms with Crippen LogP contribution in [0, 0.1) is 10.8 Å². The van der Waals surface area contributed by atoms with Crippen molar-refractivity contribution >= 4 is 30.1 Å². The van der Waals surface area contributed by atoms with Gasteiger partial charge in [0.2, 0.25) is 0 Å². The lowest BCUT2D eigenvalue weighted by atomic mass is 9.44. The Labute approximate surface area is 242 Å². The number of esters is 2. The van der Waals surface area contributed by atoms with Gasteiger partial charge in [-0.3, -0.25) is 14.5 Å². The maximum absolute atomic E-state index is 13.9. The molecule has 2 aliphatic heterocycles. The van der Waals surface area contributed by atoms with Gasteiger partial charge in [0.25, 0.3) is 0 Å². The molecule has 1 saturated carbocycles. The lowest BCUT2D eigenvalue weighted by molar-refractivity contribution is -0.305. The van der Waals surface area contributed by atoms with Crippen LogP contribution < -0.4 is 0 Å². The summed E-state index contributed by atoms with van der Waals surface area (Å²) in [5.74, 6) is -1.88. The Balaban J connectivity index is 0.00000441. The van der Waals surface area contributed by atoms with Gasteiger partial charge in [0.15, 0.2) is 24.1 Å². The highest BCUT2D eigenvalue weighted by atomic mass is 35.5. The molecule has 10 nitrogen and oxygen atoms in total. The average molecular weight is 586 g/mol. The Hall–Kier alpha value is -1.82. The predicted molar refractivity (Wildman–Crippen MR) is 148 cm³/mol. The van der Waals surface area contributed by atoms with Crippen LogP contribution in [0.4, 0.5) is 0 Å². The summed E-state index contributed by atoms with van der Waals surface area (Å²) < 4.78 is 22.7. The van der Waals surface area contributed by atoms with Crippen LogP contribution in [0.15, 0.2) is 24.3 Å². The van der Waals surface area contributed by atoms with Gasteiger partial charge in [-0.2, -0.15) is 0 Å². The summed E-state index contributed by atoms with van der Waals surface area (Å²) in [5, 5.41) is 23.7. The normalized spacial score (nSPS) is 39.1. The Morgan fingerprint density at radius 3 is 2.45 bits per heavy atom. The van der Waals surface area contributed by atoms with Gasteiger partial charge in [0.1, 0.15) is 5.60 Å². The fourth-order valence-electron chi connectivity index (χ4n) is 7.06. The van der Waals surface area contributed by atoms with Crippen LogP contribution in [0.25, 0.3) is 0 Å². The molecule has 11 heteroatoms. The number of halogens is 1. The third kappa shape index (κ3) is 5.27. The molecule has 40 heavy (non-hydrogen) atoms. The number of nitrogens with zero attached hydrogens (tertiary/aromatic N) is 1. The molecule has 4 aliphatic rings. The number of aliphatic hydroxyl groups is 2. The summed E-state index contributed by atoms with van der Waals surface area (Å²) >= 11 is 0. The standard InChI is InChI=1S/C29H43NO9.ClH/c1-7-26(4)17-21(32)29(35)27(5)19(25(2,3)10-8-20(27)31)16-22(28(29,6)39-26)38-24(34)18-37-23(33)9-11-30-12-14-36-15-13-30;/h7,16,20,22,31,35H,1,8-15,17-18H2,2-6H3;1H/t20-,22-,26-,27+,28+,29-;/m0./s1. The summed E-state index contributed by atoms with van der Waals surface area (Å²) in [7, 11) is 0. The number of carbonyl (C=O) groups excluding carboxylic acids is 3. The van der Waals surface area contributed by atoms with Crippen molar-refractivity contribution in [1.29, 1.82) is 0 Å². The molecule has 0 aromatic carbocycles. The van der Waals surface area contributed by atoms with Gasteiger partial charge in [-0.05, 0) is 45.1 Å². The molecular weight excluding hydrogens is 542 g/mol. The molecule has 2 saturated heterocycles. The van der Waals surface area contributed by atoms with Crippen molar-refractivity contribution in [2.24, 2.45) is 10.8 Å². The van der Waals surface area contributed by atoms with Crippen LogP contribution in [-0.2, 0) is 33.3 Å². The Morgan fingerprint density at radius 1 is 1.18 bits per heavy atom. The van der Waals surface area contributed by atoms with Crippen LogP contribution >= 0.6 is 12.4 Å². The van der Waals surface area contributed by atoms with E-state index in [1.807, 2.05) is 13.8 Å². The minimum Gasteiger partial charge on any atom is -0.454 e. The Morgan fingerprint density at radius 2 is 1.82 bits per heavy atom. The van der Waals surface area contributed by atoms with E-state index >= 15 is 0 Å². The number of rotatable bonds is 7. The minimum absolute atomic E-state index is 0. The van der Waals surface area contributed by atoms with Gasteiger partial charge in [0.05, 0.1) is 36.8 Å². The van der Waals surface area contributed by atoms with Crippen LogP contribution in [0.2, 0.25) is 0 Å². The number of carbonyl (C=O) groups is 3. The summed E-state index contributed by atoms with van der Waals surface area (Å²) in [4.78, 5) is 41.2. The third-order valence-electron chi connectivity index (χ3n) is 9.47. The first-order valence-corrected chi connectivity index (χ1v) is 13.8. The summed E-state index contributed by atoms with van der Waals surface area (Å²) in [6.07, 6.45) is 1.95. The van der Waals surface area contributed by atoms with Crippen LogP contribution in [0.3, 0.4) is 0 Å². The number of aliphatic hydroxyl groups excluding tert-OH is 1. The third-order valence-corrected chi connectivity index (χ3v) is 9.47. The van der Waals surface area contributed by atoms with E-state index in [1.54, 1.807) is 19.9 Å². The minimum atomic E-state index is -2.20. The maximum atomic E-state index is 13.9. The summed E-state index contributed by atoms with van der Waals surface area (Å²) in [6.45, 7) is 15.3. The van der Waals surface area contributed by atoms with Crippen molar-refractivity contribution in [2.45, 2.75) is 89.3 Å². The van der Waals surface area contributed by atoms with E-state index in [0.717, 1.165) is 13.1 Å². The number of ketones is 1. The smallest absolute Gasteiger partial charge is 0.344 e. The first-order valence-electron chi connectivity index (χ1n) is 13.8. The van der Waals surface area contributed by atoms with Gasteiger partial charge < -0.3 is 29.2 Å². The number of Topliss-reactive ketones (excluding diaryl/α,β-unsaturated/α-hetero) is 1. The van der Waals surface area contributed by atoms with E-state index in [-0.39, 0.29) is 25.2 Å². The molecule has 4 rings (SSSR count). The highest BCUT2D eigenvalue weighted by Gasteiger charge is 2.76. The molecule has 2 aliphatic carbocycles. The van der Waals surface area contributed by atoms with Gasteiger partial charge in [0, 0.05) is 26.1 Å². The molecule has 3 fully saturated rings. The predicted octanol–water partition coefficient (Wildman–Crippen LogP) is 2.14. The van der Waals surface area contributed by atoms with E-state index in [1.165, 1.54) is 13.0 Å². The Kier molecular flexibility index (Phi) is 9.36. The van der Waals surface area contributed by atoms with E-state index in [9.17, 15) is 24.6 Å². The van der Waals surface area contributed by atoms with Crippen LogP contribution in [0.1, 0.15) is 60.3 Å². The number of ether oxygens (including phenoxy) is 4. The first kappa shape index (κ1) is 32.7. The molecule has 0 unspecified atom stereocenters. The molecule has 0 bridgehead atoms. The van der Waals surface area contributed by atoms with Crippen molar-refractivity contribution in [2.75, 3.05) is 39.5 Å². The zero-order valence-corrected chi connectivity index (χ0v) is 25.0. The van der Waals surface area contributed by atoms with E-state index in [0.29, 0.717) is 38.2 Å². The van der Waals surface area contributed by atoms with Crippen molar-refractivity contribution in [3.05, 3.63) is 24.3 Å². The monoisotopic (exact) mass is 585 g/mol. The summed E-state index contributed by atoms with van der Waals surface area (Å²) in [5.41, 5.74) is -6.34. The number of fused-ring (bicyclic) bond motifs is 3. The number of morpholine rings is 1. The second-order valence-electron chi connectivity index (χ2n) is 12.5. The van der Waals surface area contributed by atoms with Gasteiger partial charge in [-0.25, -0.2) is 4.79 Å².